The number of fused-ring (bicyclic) bond motifs is 2. The predicted molar refractivity (Wildman–Crippen MR) is 32.4 cm³/mol. The fourth-order valence-corrected chi connectivity index (χ4v) is 1.75. The molecule has 2 fully saturated rings. The van der Waals surface area contributed by atoms with Crippen LogP contribution in [0.25, 0.3) is 0 Å². The van der Waals surface area contributed by atoms with E-state index in [1.54, 1.807) is 0 Å². The third kappa shape index (κ3) is 0.501. The molecule has 0 atom stereocenters. The first-order valence-corrected chi connectivity index (χ1v) is 3.34. The van der Waals surface area contributed by atoms with Gasteiger partial charge in [0.2, 0.25) is 0 Å². The third-order valence-electron chi connectivity index (χ3n) is 2.45. The van der Waals surface area contributed by atoms with Gasteiger partial charge in [-0.05, 0) is 0 Å². The second-order valence-electron chi connectivity index (χ2n) is 3.33. The Morgan fingerprint density at radius 1 is 1.25 bits per heavy atom. The van der Waals surface area contributed by atoms with E-state index in [1.807, 2.05) is 0 Å². The Morgan fingerprint density at radius 2 is 1.88 bits per heavy atom. The minimum atomic E-state index is 1.32. The highest BCUT2D eigenvalue weighted by Gasteiger charge is 2.38. The van der Waals surface area contributed by atoms with E-state index < -0.39 is 0 Å². The highest BCUT2D eigenvalue weighted by atomic mass is 15.5. The van der Waals surface area contributed by atoms with E-state index >= 15 is 0 Å². The molecule has 0 aromatic heterocycles. The zero-order valence-corrected chi connectivity index (χ0v) is 5.43. The molecule has 0 unspecified atom stereocenters. The van der Waals surface area contributed by atoms with Crippen LogP contribution in [0.1, 0.15) is 0 Å². The number of piperazine rings is 1. The van der Waals surface area contributed by atoms with Crippen LogP contribution in [0.4, 0.5) is 0 Å². The summed E-state index contributed by atoms with van der Waals surface area (Å²) in [7, 11) is 2.35. The monoisotopic (exact) mass is 113 g/mol. The van der Waals surface area contributed by atoms with Crippen molar-refractivity contribution in [2.75, 3.05) is 39.9 Å². The van der Waals surface area contributed by atoms with Crippen LogP contribution in [0, 0.1) is 0 Å². The number of rotatable bonds is 0. The van der Waals surface area contributed by atoms with Crippen LogP contribution in [-0.4, -0.2) is 49.3 Å². The summed E-state index contributed by atoms with van der Waals surface area (Å²) in [6, 6.07) is 0. The fraction of sp³-hybridized carbons (Fsp3) is 1.00. The van der Waals surface area contributed by atoms with Crippen LogP contribution >= 0.6 is 0 Å². The van der Waals surface area contributed by atoms with Gasteiger partial charge in [0, 0.05) is 0 Å². The molecule has 2 saturated heterocycles. The Morgan fingerprint density at radius 3 is 2.00 bits per heavy atom. The predicted octanol–water partition coefficient (Wildman–Crippen LogP) is -0.280. The van der Waals surface area contributed by atoms with E-state index in [4.69, 9.17) is 0 Å². The third-order valence-corrected chi connectivity index (χ3v) is 2.45. The Hall–Kier alpha value is -0.0800. The molecule has 0 spiro atoms. The lowest BCUT2D eigenvalue weighted by Gasteiger charge is -2.23. The molecule has 2 rings (SSSR count). The normalized spacial score (nSPS) is 52.9. The van der Waals surface area contributed by atoms with Gasteiger partial charge in [-0.1, -0.05) is 0 Å². The first-order valence-electron chi connectivity index (χ1n) is 3.34. The smallest absolute Gasteiger partial charge is 0.135 e. The Kier molecular flexibility index (Phi) is 0.746. The average molecular weight is 113 g/mol. The molecule has 2 aliphatic heterocycles. The lowest BCUT2D eigenvalue weighted by Crippen LogP contribution is -2.40. The number of likely N-dealkylation sites (N-methyl/N-ethyl adjacent to an activating group) is 1. The number of hydrogen-bond acceptors (Lipinski definition) is 1. The first kappa shape index (κ1) is 4.77. The topological polar surface area (TPSA) is 3.24 Å². The summed E-state index contributed by atoms with van der Waals surface area (Å²) >= 11 is 0. The van der Waals surface area contributed by atoms with Gasteiger partial charge < -0.3 is 4.48 Å². The Labute approximate surface area is 50.3 Å². The van der Waals surface area contributed by atoms with Gasteiger partial charge in [0.25, 0.3) is 0 Å². The van der Waals surface area contributed by atoms with Crippen LogP contribution in [-0.2, 0) is 0 Å². The molecule has 2 bridgehead atoms. The van der Waals surface area contributed by atoms with Crippen molar-refractivity contribution in [3.63, 3.8) is 0 Å². The molecule has 0 aromatic rings. The second-order valence-corrected chi connectivity index (χ2v) is 3.33. The maximum absolute atomic E-state index is 2.54. The van der Waals surface area contributed by atoms with Gasteiger partial charge in [0.15, 0.2) is 0 Å². The highest BCUT2D eigenvalue weighted by molar-refractivity contribution is 4.67. The minimum Gasteiger partial charge on any atom is -0.311 e. The van der Waals surface area contributed by atoms with Crippen molar-refractivity contribution in [3.05, 3.63) is 0 Å². The van der Waals surface area contributed by atoms with Gasteiger partial charge in [-0.15, -0.1) is 0 Å². The lowest BCUT2D eigenvalue weighted by molar-refractivity contribution is -0.888. The first-order chi connectivity index (χ1) is 3.79. The summed E-state index contributed by atoms with van der Waals surface area (Å²) in [6.07, 6.45) is 0. The highest BCUT2D eigenvalue weighted by Crippen LogP contribution is 2.19. The van der Waals surface area contributed by atoms with Crippen molar-refractivity contribution in [1.29, 1.82) is 0 Å². The standard InChI is InChI=1S/C6H13N2/c1-8-4-2-7(6-8)3-5-8/h2-6H2,1H3/q+1. The zero-order valence-electron chi connectivity index (χ0n) is 5.43. The van der Waals surface area contributed by atoms with Crippen LogP contribution in [0.15, 0.2) is 0 Å². The minimum absolute atomic E-state index is 1.32. The summed E-state index contributed by atoms with van der Waals surface area (Å²) in [4.78, 5) is 2.54. The molecule has 0 N–H and O–H groups in total. The molecule has 0 aromatic carbocycles. The summed E-state index contributed by atoms with van der Waals surface area (Å²) < 4.78 is 1.32. The van der Waals surface area contributed by atoms with E-state index in [1.165, 1.54) is 37.3 Å². The van der Waals surface area contributed by atoms with Crippen LogP contribution in [0.5, 0.6) is 0 Å². The number of quaternary nitrogens is 1. The molecule has 0 amide bonds. The molecule has 0 aliphatic carbocycles. The van der Waals surface area contributed by atoms with E-state index in [2.05, 4.69) is 11.9 Å². The van der Waals surface area contributed by atoms with Crippen molar-refractivity contribution in [2.24, 2.45) is 0 Å². The van der Waals surface area contributed by atoms with Crippen LogP contribution in [0.2, 0.25) is 0 Å². The summed E-state index contributed by atoms with van der Waals surface area (Å²) in [5.74, 6) is 0. The molecule has 2 aliphatic rings. The fourth-order valence-electron chi connectivity index (χ4n) is 1.75. The quantitative estimate of drug-likeness (QED) is 0.390. The van der Waals surface area contributed by atoms with Crippen molar-refractivity contribution in [1.82, 2.24) is 4.90 Å². The van der Waals surface area contributed by atoms with Gasteiger partial charge >= 0.3 is 0 Å². The van der Waals surface area contributed by atoms with Gasteiger partial charge in [0.1, 0.15) is 6.67 Å². The number of hydrogen-bond donors (Lipinski definition) is 0. The van der Waals surface area contributed by atoms with Gasteiger partial charge in [0.05, 0.1) is 33.2 Å². The SMILES string of the molecule is C[N+]12CCN(CC1)C2. The van der Waals surface area contributed by atoms with Crippen molar-refractivity contribution in [2.45, 2.75) is 0 Å². The lowest BCUT2D eigenvalue weighted by atomic mass is 10.4. The summed E-state index contributed by atoms with van der Waals surface area (Å²) in [6.45, 7) is 6.78. The van der Waals surface area contributed by atoms with Crippen molar-refractivity contribution < 1.29 is 4.48 Å². The summed E-state index contributed by atoms with van der Waals surface area (Å²) in [5, 5.41) is 0. The average Bonchev–Trinajstić information content (AvgIpc) is 2.21. The van der Waals surface area contributed by atoms with E-state index in [-0.39, 0.29) is 0 Å². The maximum atomic E-state index is 2.54. The van der Waals surface area contributed by atoms with Gasteiger partial charge in [-0.25, -0.2) is 4.90 Å². The second kappa shape index (κ2) is 1.25. The molecule has 2 heteroatoms. The molecule has 2 heterocycles. The Bertz CT molecular complexity index is 103. The van der Waals surface area contributed by atoms with Crippen LogP contribution in [0.3, 0.4) is 0 Å². The van der Waals surface area contributed by atoms with Gasteiger partial charge in [-0.2, -0.15) is 0 Å². The maximum Gasteiger partial charge on any atom is 0.135 e. The molecule has 2 nitrogen and oxygen atoms in total. The molecule has 0 saturated carbocycles. The molecular weight excluding hydrogens is 100 g/mol. The largest absolute Gasteiger partial charge is 0.311 e. The van der Waals surface area contributed by atoms with Crippen molar-refractivity contribution >= 4 is 0 Å². The van der Waals surface area contributed by atoms with E-state index in [0.29, 0.717) is 0 Å². The molecule has 46 valence electrons. The van der Waals surface area contributed by atoms with E-state index in [9.17, 15) is 0 Å². The Balaban J connectivity index is 2.19. The van der Waals surface area contributed by atoms with E-state index in [0.717, 1.165) is 0 Å². The van der Waals surface area contributed by atoms with Gasteiger partial charge in [-0.3, -0.25) is 0 Å². The molecular formula is C6H13N2+. The summed E-state index contributed by atoms with van der Waals surface area (Å²) in [5.41, 5.74) is 0. The number of nitrogens with zero attached hydrogens (tertiary/aromatic N) is 2. The zero-order chi connectivity index (χ0) is 5.61. The molecule has 8 heavy (non-hydrogen) atoms. The van der Waals surface area contributed by atoms with Crippen molar-refractivity contribution in [3.8, 4) is 0 Å². The van der Waals surface area contributed by atoms with Crippen LogP contribution < -0.4 is 0 Å². The molecule has 0 radical (unpaired) electrons.